The molecule has 29 heavy (non-hydrogen) atoms. The Morgan fingerprint density at radius 2 is 2.07 bits per heavy atom. The average Bonchev–Trinajstić information content (AvgIpc) is 3.09. The van der Waals surface area contributed by atoms with Crippen molar-refractivity contribution in [2.45, 2.75) is 24.9 Å². The quantitative estimate of drug-likeness (QED) is 0.182. The number of nitrogens with one attached hydrogen (secondary N) is 3. The minimum Gasteiger partial charge on any atom is -0.383 e. The van der Waals surface area contributed by atoms with Crippen LogP contribution in [-0.4, -0.2) is 51.0 Å². The molecule has 0 unspecified atom stereocenters. The molecule has 0 aliphatic rings. The Morgan fingerprint density at radius 1 is 1.28 bits per heavy atom. The van der Waals surface area contributed by atoms with Crippen molar-refractivity contribution in [2.24, 2.45) is 12.0 Å². The van der Waals surface area contributed by atoms with Crippen LogP contribution < -0.4 is 15.4 Å². The molecular formula is C18H29IN6O3S. The van der Waals surface area contributed by atoms with E-state index in [9.17, 15) is 8.42 Å². The maximum atomic E-state index is 12.3. The fourth-order valence-corrected chi connectivity index (χ4v) is 3.52. The normalized spacial score (nSPS) is 11.8. The molecular weight excluding hydrogens is 507 g/mol. The molecule has 0 radical (unpaired) electrons. The number of sulfonamides is 1. The zero-order valence-electron chi connectivity index (χ0n) is 16.9. The number of aromatic nitrogens is 2. The predicted molar refractivity (Wildman–Crippen MR) is 124 cm³/mol. The Hall–Kier alpha value is -1.70. The first-order valence-corrected chi connectivity index (χ1v) is 10.5. The first-order chi connectivity index (χ1) is 13.5. The van der Waals surface area contributed by atoms with E-state index in [2.05, 4.69) is 25.4 Å². The maximum Gasteiger partial charge on any atom is 0.240 e. The van der Waals surface area contributed by atoms with Gasteiger partial charge in [0, 0.05) is 33.4 Å². The second-order valence-electron chi connectivity index (χ2n) is 6.03. The summed E-state index contributed by atoms with van der Waals surface area (Å²) in [6, 6.07) is 8.69. The molecule has 162 valence electrons. The van der Waals surface area contributed by atoms with Crippen molar-refractivity contribution in [2.75, 3.05) is 26.8 Å². The van der Waals surface area contributed by atoms with Gasteiger partial charge in [-0.25, -0.2) is 18.1 Å². The minimum absolute atomic E-state index is 0. The van der Waals surface area contributed by atoms with Crippen LogP contribution in [0.25, 0.3) is 0 Å². The van der Waals surface area contributed by atoms with Crippen LogP contribution in [0.5, 0.6) is 0 Å². The molecule has 0 atom stereocenters. The third-order valence-electron chi connectivity index (χ3n) is 3.93. The smallest absolute Gasteiger partial charge is 0.240 e. The van der Waals surface area contributed by atoms with E-state index in [1.807, 2.05) is 26.1 Å². The molecule has 11 heteroatoms. The van der Waals surface area contributed by atoms with Gasteiger partial charge >= 0.3 is 0 Å². The molecule has 0 aliphatic heterocycles. The van der Waals surface area contributed by atoms with Crippen LogP contribution in [0, 0.1) is 0 Å². The number of ether oxygens (including phenoxy) is 1. The number of rotatable bonds is 10. The topological polar surface area (TPSA) is 110 Å². The van der Waals surface area contributed by atoms with Gasteiger partial charge in [-0.3, -0.25) is 4.68 Å². The van der Waals surface area contributed by atoms with Gasteiger partial charge in [0.25, 0.3) is 0 Å². The van der Waals surface area contributed by atoms with Crippen molar-refractivity contribution in [1.29, 1.82) is 0 Å². The lowest BCUT2D eigenvalue weighted by Crippen LogP contribution is -2.37. The van der Waals surface area contributed by atoms with Crippen LogP contribution in [0.15, 0.2) is 46.4 Å². The molecule has 1 aromatic carbocycles. The summed E-state index contributed by atoms with van der Waals surface area (Å²) in [6.45, 7) is 4.18. The van der Waals surface area contributed by atoms with Gasteiger partial charge in [-0.1, -0.05) is 12.1 Å². The molecule has 2 rings (SSSR count). The fourth-order valence-electron chi connectivity index (χ4n) is 2.43. The van der Waals surface area contributed by atoms with E-state index >= 15 is 0 Å². The van der Waals surface area contributed by atoms with E-state index in [0.29, 0.717) is 25.7 Å². The first kappa shape index (κ1) is 25.3. The highest BCUT2D eigenvalue weighted by Gasteiger charge is 2.13. The summed E-state index contributed by atoms with van der Waals surface area (Å²) >= 11 is 0. The summed E-state index contributed by atoms with van der Waals surface area (Å²) in [6.07, 6.45) is 1.74. The summed E-state index contributed by atoms with van der Waals surface area (Å²) in [7, 11) is -0.160. The Morgan fingerprint density at radius 3 is 2.72 bits per heavy atom. The summed E-state index contributed by atoms with van der Waals surface area (Å²) < 4.78 is 33.8. The molecule has 0 aliphatic carbocycles. The molecule has 0 bridgehead atoms. The Kier molecular flexibility index (Phi) is 11.2. The number of aliphatic imine (C=N–C) groups is 1. The van der Waals surface area contributed by atoms with Crippen molar-refractivity contribution in [1.82, 2.24) is 25.1 Å². The van der Waals surface area contributed by atoms with E-state index in [1.54, 1.807) is 29.1 Å². The third-order valence-corrected chi connectivity index (χ3v) is 5.39. The highest BCUT2D eigenvalue weighted by atomic mass is 127. The number of nitrogens with zero attached hydrogens (tertiary/aromatic N) is 3. The Bertz CT molecular complexity index is 885. The predicted octanol–water partition coefficient (Wildman–Crippen LogP) is 1.22. The van der Waals surface area contributed by atoms with E-state index in [1.165, 1.54) is 7.11 Å². The van der Waals surface area contributed by atoms with Crippen LogP contribution in [0.1, 0.15) is 18.2 Å². The van der Waals surface area contributed by atoms with Crippen LogP contribution >= 0.6 is 24.0 Å². The molecule has 1 heterocycles. The van der Waals surface area contributed by atoms with Crippen LogP contribution in [0.4, 0.5) is 0 Å². The molecule has 0 fully saturated rings. The summed E-state index contributed by atoms with van der Waals surface area (Å²) in [5, 5.41) is 10.6. The number of hydrogen-bond acceptors (Lipinski definition) is 5. The molecule has 0 saturated carbocycles. The molecule has 2 aromatic rings. The summed E-state index contributed by atoms with van der Waals surface area (Å²) in [4.78, 5) is 4.75. The fraction of sp³-hybridized carbons (Fsp3) is 0.444. The highest BCUT2D eigenvalue weighted by Crippen LogP contribution is 2.12. The van der Waals surface area contributed by atoms with Gasteiger partial charge in [0.2, 0.25) is 10.0 Å². The number of benzene rings is 1. The van der Waals surface area contributed by atoms with Gasteiger partial charge in [0.15, 0.2) is 5.96 Å². The lowest BCUT2D eigenvalue weighted by atomic mass is 10.2. The average molecular weight is 536 g/mol. The number of methoxy groups -OCH3 is 1. The lowest BCUT2D eigenvalue weighted by Gasteiger charge is -2.12. The number of aryl methyl sites for hydroxylation is 1. The monoisotopic (exact) mass is 536 g/mol. The van der Waals surface area contributed by atoms with Gasteiger partial charge in [0.1, 0.15) is 0 Å². The highest BCUT2D eigenvalue weighted by molar-refractivity contribution is 14.0. The van der Waals surface area contributed by atoms with Gasteiger partial charge in [-0.2, -0.15) is 5.10 Å². The molecule has 0 spiro atoms. The third kappa shape index (κ3) is 8.28. The maximum absolute atomic E-state index is 12.3. The zero-order valence-corrected chi connectivity index (χ0v) is 20.0. The summed E-state index contributed by atoms with van der Waals surface area (Å²) in [5.74, 6) is 0.648. The summed E-state index contributed by atoms with van der Waals surface area (Å²) in [5.41, 5.74) is 1.83. The van der Waals surface area contributed by atoms with E-state index in [0.717, 1.165) is 17.8 Å². The van der Waals surface area contributed by atoms with Gasteiger partial charge < -0.3 is 15.4 Å². The van der Waals surface area contributed by atoms with Gasteiger partial charge in [0.05, 0.1) is 30.3 Å². The van der Waals surface area contributed by atoms with E-state index in [-0.39, 0.29) is 35.4 Å². The Labute approximate surface area is 189 Å². The van der Waals surface area contributed by atoms with Crippen molar-refractivity contribution in [3.05, 3.63) is 47.8 Å². The second kappa shape index (κ2) is 12.8. The minimum atomic E-state index is -3.57. The first-order valence-electron chi connectivity index (χ1n) is 9.03. The molecule has 9 nitrogen and oxygen atoms in total. The molecule has 0 saturated heterocycles. The Balaban J connectivity index is 0.00000420. The number of hydrogen-bond donors (Lipinski definition) is 3. The SMILES string of the molecule is CCNC(=NCc1cccc(S(=O)(=O)NCCOC)c1)NCc1ccnn1C.I. The van der Waals surface area contributed by atoms with Crippen LogP contribution in [0.3, 0.4) is 0 Å². The zero-order chi connectivity index (χ0) is 20.4. The number of halogens is 1. The standard InChI is InChI=1S/C18H28N6O3S.HI/c1-4-19-18(21-14-16-8-9-22-24(16)2)20-13-15-6-5-7-17(12-15)28(25,26)23-10-11-27-3;/h5-9,12,23H,4,10-11,13-14H2,1-3H3,(H2,19,20,21);1H. The second-order valence-corrected chi connectivity index (χ2v) is 7.80. The van der Waals surface area contributed by atoms with E-state index in [4.69, 9.17) is 4.74 Å². The van der Waals surface area contributed by atoms with Gasteiger partial charge in [-0.15, -0.1) is 24.0 Å². The molecule has 3 N–H and O–H groups in total. The largest absolute Gasteiger partial charge is 0.383 e. The van der Waals surface area contributed by atoms with Crippen molar-refractivity contribution >= 4 is 40.0 Å². The van der Waals surface area contributed by atoms with Gasteiger partial charge in [-0.05, 0) is 30.7 Å². The van der Waals surface area contributed by atoms with Crippen molar-refractivity contribution < 1.29 is 13.2 Å². The van der Waals surface area contributed by atoms with Crippen LogP contribution in [-0.2, 0) is 34.9 Å². The van der Waals surface area contributed by atoms with Crippen molar-refractivity contribution in [3.8, 4) is 0 Å². The number of guanidine groups is 1. The van der Waals surface area contributed by atoms with Crippen molar-refractivity contribution in [3.63, 3.8) is 0 Å². The molecule has 0 amide bonds. The lowest BCUT2D eigenvalue weighted by molar-refractivity contribution is 0.204. The van der Waals surface area contributed by atoms with E-state index < -0.39 is 10.0 Å². The van der Waals surface area contributed by atoms with Crippen LogP contribution in [0.2, 0.25) is 0 Å². The molecule has 1 aromatic heterocycles.